The first-order chi connectivity index (χ1) is 8.83. The van der Waals surface area contributed by atoms with Crippen LogP contribution in [0.1, 0.15) is 38.3 Å². The fraction of sp³-hybridized carbons (Fsp3) is 0.412. The number of benzene rings is 1. The van der Waals surface area contributed by atoms with E-state index in [0.29, 0.717) is 12.1 Å². The molecule has 0 N–H and O–H groups in total. The fourth-order valence-corrected chi connectivity index (χ4v) is 2.73. The summed E-state index contributed by atoms with van der Waals surface area (Å²) < 4.78 is 0. The molecule has 1 aromatic rings. The van der Waals surface area contributed by atoms with E-state index in [2.05, 4.69) is 73.4 Å². The van der Waals surface area contributed by atoms with Gasteiger partial charge in [-0.2, -0.15) is 0 Å². The highest BCUT2D eigenvalue weighted by Crippen LogP contribution is 2.29. The van der Waals surface area contributed by atoms with Crippen LogP contribution in [-0.4, -0.2) is 17.5 Å². The van der Waals surface area contributed by atoms with E-state index >= 15 is 0 Å². The highest BCUT2D eigenvalue weighted by molar-refractivity contribution is 5.20. The molecule has 1 nitrogen and oxygen atoms in total. The Balaban J connectivity index is 2.07. The van der Waals surface area contributed by atoms with Crippen LogP contribution in [0.4, 0.5) is 0 Å². The Hall–Kier alpha value is -1.34. The van der Waals surface area contributed by atoms with Gasteiger partial charge >= 0.3 is 0 Å². The molecule has 0 amide bonds. The summed E-state index contributed by atoms with van der Waals surface area (Å²) in [5, 5.41) is 0. The molecule has 18 heavy (non-hydrogen) atoms. The van der Waals surface area contributed by atoms with E-state index in [1.54, 1.807) is 0 Å². The van der Waals surface area contributed by atoms with Crippen molar-refractivity contribution in [3.63, 3.8) is 0 Å². The van der Waals surface area contributed by atoms with Gasteiger partial charge in [0, 0.05) is 12.1 Å². The summed E-state index contributed by atoms with van der Waals surface area (Å²) in [5.41, 5.74) is 1.42. The minimum atomic E-state index is 0.508. The standard InChI is InChI=1S/C17H23N/c1-3-4-6-12-17-13-9-14-18(17)15(2)16-10-7-5-8-11-16/h3-8,10-12,15,17H,9,13-14H2,1-2H3/b4-3+,12-6+/t15-,17-/m0/s1. The normalized spacial score (nSPS) is 23.1. The third-order valence-electron chi connectivity index (χ3n) is 3.76. The van der Waals surface area contributed by atoms with Gasteiger partial charge in [0.15, 0.2) is 0 Å². The van der Waals surface area contributed by atoms with Crippen LogP contribution in [0.5, 0.6) is 0 Å². The van der Waals surface area contributed by atoms with Crippen molar-refractivity contribution >= 4 is 0 Å². The van der Waals surface area contributed by atoms with Gasteiger partial charge in [0.1, 0.15) is 0 Å². The molecule has 1 aliphatic rings. The average Bonchev–Trinajstić information content (AvgIpc) is 2.88. The molecule has 1 heteroatoms. The molecular weight excluding hydrogens is 218 g/mol. The Kier molecular flexibility index (Phi) is 4.77. The molecule has 0 bridgehead atoms. The van der Waals surface area contributed by atoms with E-state index in [0.717, 1.165) is 0 Å². The van der Waals surface area contributed by atoms with Crippen LogP contribution in [-0.2, 0) is 0 Å². The van der Waals surface area contributed by atoms with Crippen molar-refractivity contribution in [3.05, 3.63) is 60.2 Å². The van der Waals surface area contributed by atoms with Gasteiger partial charge in [-0.3, -0.25) is 4.90 Å². The van der Waals surface area contributed by atoms with E-state index in [-0.39, 0.29) is 0 Å². The molecule has 0 unspecified atom stereocenters. The minimum absolute atomic E-state index is 0.508. The predicted molar refractivity (Wildman–Crippen MR) is 78.5 cm³/mol. The van der Waals surface area contributed by atoms with Crippen molar-refractivity contribution in [2.45, 2.75) is 38.8 Å². The number of hydrogen-bond donors (Lipinski definition) is 0. The van der Waals surface area contributed by atoms with Crippen molar-refractivity contribution in [2.24, 2.45) is 0 Å². The first kappa shape index (κ1) is 13.1. The molecular formula is C17H23N. The highest BCUT2D eigenvalue weighted by atomic mass is 15.2. The third-order valence-corrected chi connectivity index (χ3v) is 3.76. The Labute approximate surface area is 111 Å². The maximum atomic E-state index is 2.61. The minimum Gasteiger partial charge on any atom is -0.290 e. The number of likely N-dealkylation sites (tertiary alicyclic amines) is 1. The second-order valence-corrected chi connectivity index (χ2v) is 4.94. The lowest BCUT2D eigenvalue weighted by molar-refractivity contribution is 0.222. The van der Waals surface area contributed by atoms with Crippen molar-refractivity contribution in [1.29, 1.82) is 0 Å². The third kappa shape index (κ3) is 3.11. The molecule has 1 aromatic carbocycles. The predicted octanol–water partition coefficient (Wildman–Crippen LogP) is 4.34. The summed E-state index contributed by atoms with van der Waals surface area (Å²) in [7, 11) is 0. The van der Waals surface area contributed by atoms with Crippen LogP contribution >= 0.6 is 0 Å². The monoisotopic (exact) mass is 241 g/mol. The molecule has 0 spiro atoms. The molecule has 96 valence electrons. The number of rotatable bonds is 4. The van der Waals surface area contributed by atoms with Crippen molar-refractivity contribution in [2.75, 3.05) is 6.54 Å². The van der Waals surface area contributed by atoms with Crippen LogP contribution < -0.4 is 0 Å². The molecule has 2 rings (SSSR count). The number of hydrogen-bond acceptors (Lipinski definition) is 1. The Morgan fingerprint density at radius 1 is 1.22 bits per heavy atom. The zero-order valence-electron chi connectivity index (χ0n) is 11.4. The maximum Gasteiger partial charge on any atom is 0.0325 e. The summed E-state index contributed by atoms with van der Waals surface area (Å²) in [6, 6.07) is 11.9. The van der Waals surface area contributed by atoms with Crippen LogP contribution in [0, 0.1) is 0 Å². The fourth-order valence-electron chi connectivity index (χ4n) is 2.73. The van der Waals surface area contributed by atoms with E-state index < -0.39 is 0 Å². The summed E-state index contributed by atoms with van der Waals surface area (Å²) in [5.74, 6) is 0. The molecule has 1 fully saturated rings. The van der Waals surface area contributed by atoms with Crippen LogP contribution in [0.15, 0.2) is 54.6 Å². The van der Waals surface area contributed by atoms with Crippen molar-refractivity contribution in [1.82, 2.24) is 4.90 Å². The summed E-state index contributed by atoms with van der Waals surface area (Å²) in [6.07, 6.45) is 11.3. The lowest BCUT2D eigenvalue weighted by Gasteiger charge is -2.29. The Morgan fingerprint density at radius 3 is 2.72 bits per heavy atom. The van der Waals surface area contributed by atoms with Gasteiger partial charge in [-0.25, -0.2) is 0 Å². The second kappa shape index (κ2) is 6.55. The Morgan fingerprint density at radius 2 is 2.00 bits per heavy atom. The van der Waals surface area contributed by atoms with Gasteiger partial charge in [-0.05, 0) is 38.8 Å². The first-order valence-electron chi connectivity index (χ1n) is 6.93. The topological polar surface area (TPSA) is 3.24 Å². The molecule has 2 atom stereocenters. The van der Waals surface area contributed by atoms with E-state index in [1.165, 1.54) is 24.9 Å². The molecule has 0 aromatic heterocycles. The summed E-state index contributed by atoms with van der Waals surface area (Å²) >= 11 is 0. The lowest BCUT2D eigenvalue weighted by atomic mass is 10.1. The molecule has 1 heterocycles. The van der Waals surface area contributed by atoms with Crippen molar-refractivity contribution in [3.8, 4) is 0 Å². The van der Waals surface area contributed by atoms with E-state index in [4.69, 9.17) is 0 Å². The smallest absolute Gasteiger partial charge is 0.0325 e. The first-order valence-corrected chi connectivity index (χ1v) is 6.93. The zero-order chi connectivity index (χ0) is 12.8. The van der Waals surface area contributed by atoms with Gasteiger partial charge < -0.3 is 0 Å². The van der Waals surface area contributed by atoms with E-state index in [1.807, 2.05) is 0 Å². The molecule has 0 aliphatic carbocycles. The van der Waals surface area contributed by atoms with Gasteiger partial charge in [-0.15, -0.1) is 0 Å². The van der Waals surface area contributed by atoms with E-state index in [9.17, 15) is 0 Å². The zero-order valence-corrected chi connectivity index (χ0v) is 11.4. The second-order valence-electron chi connectivity index (χ2n) is 4.94. The van der Waals surface area contributed by atoms with Gasteiger partial charge in [0.05, 0.1) is 0 Å². The average molecular weight is 241 g/mol. The van der Waals surface area contributed by atoms with Crippen LogP contribution in [0.25, 0.3) is 0 Å². The van der Waals surface area contributed by atoms with Crippen LogP contribution in [0.3, 0.4) is 0 Å². The van der Waals surface area contributed by atoms with Crippen LogP contribution in [0.2, 0.25) is 0 Å². The number of nitrogens with zero attached hydrogens (tertiary/aromatic N) is 1. The van der Waals surface area contributed by atoms with Gasteiger partial charge in [0.2, 0.25) is 0 Å². The largest absolute Gasteiger partial charge is 0.290 e. The lowest BCUT2D eigenvalue weighted by Crippen LogP contribution is -2.30. The molecule has 1 saturated heterocycles. The quantitative estimate of drug-likeness (QED) is 0.709. The summed E-state index contributed by atoms with van der Waals surface area (Å²) in [4.78, 5) is 2.61. The van der Waals surface area contributed by atoms with Gasteiger partial charge in [0.25, 0.3) is 0 Å². The summed E-state index contributed by atoms with van der Waals surface area (Å²) in [6.45, 7) is 5.58. The number of allylic oxidation sites excluding steroid dienone is 3. The maximum absolute atomic E-state index is 2.61. The highest BCUT2D eigenvalue weighted by Gasteiger charge is 2.26. The molecule has 0 radical (unpaired) electrons. The SMILES string of the molecule is C/C=C/C=C/[C@H]1CCCN1[C@@H](C)c1ccccc1. The molecule has 1 aliphatic heterocycles. The van der Waals surface area contributed by atoms with Gasteiger partial charge in [-0.1, -0.05) is 54.6 Å². The van der Waals surface area contributed by atoms with Crippen molar-refractivity contribution < 1.29 is 0 Å². The molecule has 0 saturated carbocycles. The Bertz CT molecular complexity index is 405.